The van der Waals surface area contributed by atoms with Gasteiger partial charge in [-0.25, -0.2) is 0 Å². The number of benzene rings is 1. The first kappa shape index (κ1) is 18.7. The molecule has 0 aliphatic rings. The molecule has 0 bridgehead atoms. The zero-order valence-corrected chi connectivity index (χ0v) is 12.1. The molecule has 0 amide bonds. The van der Waals surface area contributed by atoms with Crippen molar-refractivity contribution in [2.45, 2.75) is 18.2 Å². The van der Waals surface area contributed by atoms with Gasteiger partial charge >= 0.3 is 18.9 Å². The van der Waals surface area contributed by atoms with E-state index in [1.54, 1.807) is 0 Å². The van der Waals surface area contributed by atoms with Crippen LogP contribution in [-0.4, -0.2) is 31.8 Å². The molecule has 0 saturated heterocycles. The number of carbonyl (C=O) groups excluding carboxylic acids is 1. The molecule has 0 aliphatic carbocycles. The van der Waals surface area contributed by atoms with Crippen molar-refractivity contribution in [3.05, 3.63) is 18.2 Å². The van der Waals surface area contributed by atoms with E-state index in [2.05, 4.69) is 4.99 Å². The Morgan fingerprint density at radius 3 is 2.50 bits per heavy atom. The smallest absolute Gasteiger partial charge is 0.861 e. The average Bonchev–Trinajstić information content (AvgIpc) is 2.26. The van der Waals surface area contributed by atoms with Gasteiger partial charge in [-0.3, -0.25) is 14.3 Å². The Hall–Kier alpha value is -1.33. The Kier molecular flexibility index (Phi) is 6.95. The molecule has 7 nitrogen and oxygen atoms in total. The molecule has 0 aromatic heterocycles. The van der Waals surface area contributed by atoms with E-state index in [0.717, 1.165) is 6.07 Å². The van der Waals surface area contributed by atoms with E-state index >= 15 is 0 Å². The van der Waals surface area contributed by atoms with Gasteiger partial charge < -0.3 is 9.84 Å². The number of aliphatic imine (C=N–C) groups is 1. The van der Waals surface area contributed by atoms with Crippen LogP contribution in [0.4, 0.5) is 5.69 Å². The van der Waals surface area contributed by atoms with Crippen LogP contribution in [-0.2, 0) is 14.9 Å². The zero-order chi connectivity index (χ0) is 14.6. The number of hydrogen-bond donors (Lipinski definition) is 1. The fourth-order valence-corrected chi connectivity index (χ4v) is 1.95. The molecule has 1 aromatic carbocycles. The van der Waals surface area contributed by atoms with Crippen molar-refractivity contribution < 1.29 is 46.5 Å². The minimum atomic E-state index is -4.55. The van der Waals surface area contributed by atoms with Crippen molar-refractivity contribution in [2.75, 3.05) is 7.11 Å². The van der Waals surface area contributed by atoms with Gasteiger partial charge in [0.2, 0.25) is 0 Å². The third-order valence-corrected chi connectivity index (χ3v) is 2.97. The molecule has 0 spiro atoms. The predicted molar refractivity (Wildman–Crippen MR) is 65.2 cm³/mol. The monoisotopic (exact) mass is 293 g/mol. The molecule has 20 heavy (non-hydrogen) atoms. The summed E-state index contributed by atoms with van der Waals surface area (Å²) in [5, 5.41) is 11.4. The number of carbonyl (C=O) groups is 1. The van der Waals surface area contributed by atoms with E-state index in [9.17, 15) is 18.3 Å². The molecule has 1 N–H and O–H groups in total. The molecule has 104 valence electrons. The van der Waals surface area contributed by atoms with Crippen LogP contribution in [0.1, 0.15) is 13.3 Å². The van der Waals surface area contributed by atoms with Crippen LogP contribution in [0.25, 0.3) is 0 Å². The second kappa shape index (κ2) is 7.45. The fraction of sp³-hybridized carbons (Fsp3) is 0.273. The molecule has 1 rings (SSSR count). The van der Waals surface area contributed by atoms with E-state index in [4.69, 9.17) is 9.29 Å². The number of hydrogen-bond acceptors (Lipinski definition) is 6. The number of rotatable bonds is 5. The van der Waals surface area contributed by atoms with Crippen LogP contribution in [0.3, 0.4) is 0 Å². The van der Waals surface area contributed by atoms with Crippen molar-refractivity contribution in [3.8, 4) is 5.75 Å². The number of Topliss-reactive ketones (excluding diaryl/α,β-unsaturated/α-hetero) is 1. The maximum atomic E-state index is 11.4. The molecule has 0 unspecified atom stereocenters. The zero-order valence-electron chi connectivity index (χ0n) is 11.3. The Morgan fingerprint density at radius 2 is 2.05 bits per heavy atom. The van der Waals surface area contributed by atoms with Gasteiger partial charge in [0.15, 0.2) is 0 Å². The summed E-state index contributed by atoms with van der Waals surface area (Å²) < 4.78 is 36.3. The number of ether oxygens (including phenoxy) is 1. The van der Waals surface area contributed by atoms with Crippen LogP contribution in [0.2, 0.25) is 0 Å². The summed E-state index contributed by atoms with van der Waals surface area (Å²) in [6.07, 6.45) is -0.434. The van der Waals surface area contributed by atoms with E-state index in [-0.39, 0.29) is 30.3 Å². The van der Waals surface area contributed by atoms with Crippen LogP contribution in [0.15, 0.2) is 28.1 Å². The van der Waals surface area contributed by atoms with Gasteiger partial charge in [-0.05, 0) is 25.0 Å². The summed E-state index contributed by atoms with van der Waals surface area (Å²) in [6.45, 7) is 1.21. The first-order valence-electron chi connectivity index (χ1n) is 5.13. The average molecular weight is 293 g/mol. The topological polar surface area (TPSA) is 116 Å². The second-order valence-corrected chi connectivity index (χ2v) is 5.08. The first-order chi connectivity index (χ1) is 8.74. The molecule has 0 radical (unpaired) electrons. The molecular formula is C11H12LiNO6S. The standard InChI is InChI=1S/C11H13NO6S.Li/c1-7(13)5-11(14)12-9-4-3-8(18-2)6-10(9)19(15,16)17;/h3-4,6H,5H2,1-2H3,(H,12,14)(H,15,16,17);/q;+1/p-1. The molecule has 0 atom stereocenters. The van der Waals surface area contributed by atoms with Crippen LogP contribution in [0.5, 0.6) is 5.75 Å². The molecule has 0 aliphatic heterocycles. The minimum absolute atomic E-state index is 0. The number of nitrogens with zero attached hydrogens (tertiary/aromatic N) is 1. The summed E-state index contributed by atoms with van der Waals surface area (Å²) >= 11 is 0. The van der Waals surface area contributed by atoms with E-state index in [1.165, 1.54) is 26.2 Å². The maximum absolute atomic E-state index is 11.4. The van der Waals surface area contributed by atoms with Crippen molar-refractivity contribution in [1.82, 2.24) is 0 Å². The second-order valence-electron chi connectivity index (χ2n) is 3.69. The van der Waals surface area contributed by atoms with Gasteiger partial charge in [0.1, 0.15) is 16.4 Å². The quantitative estimate of drug-likeness (QED) is 0.274. The number of methoxy groups -OCH3 is 1. The normalized spacial score (nSPS) is 11.7. The largest absolute Gasteiger partial charge is 1.00 e. The van der Waals surface area contributed by atoms with Gasteiger partial charge in [0, 0.05) is 12.5 Å². The number of ketones is 1. The van der Waals surface area contributed by atoms with Crippen molar-refractivity contribution in [2.24, 2.45) is 4.99 Å². The molecule has 9 heteroatoms. The van der Waals surface area contributed by atoms with Crippen molar-refractivity contribution in [1.29, 1.82) is 0 Å². The van der Waals surface area contributed by atoms with Gasteiger partial charge in [-0.1, -0.05) is 0 Å². The summed E-state index contributed by atoms with van der Waals surface area (Å²) in [5.41, 5.74) is -0.241. The van der Waals surface area contributed by atoms with E-state index in [1.807, 2.05) is 0 Å². The summed E-state index contributed by atoms with van der Waals surface area (Å²) in [7, 11) is -3.23. The molecule has 0 heterocycles. The van der Waals surface area contributed by atoms with Crippen LogP contribution >= 0.6 is 0 Å². The molecular weight excluding hydrogens is 281 g/mol. The third kappa shape index (κ3) is 5.34. The molecule has 0 fully saturated rings. The Bertz CT molecular complexity index is 626. The van der Waals surface area contributed by atoms with E-state index in [0.29, 0.717) is 0 Å². The van der Waals surface area contributed by atoms with Crippen molar-refractivity contribution in [3.63, 3.8) is 0 Å². The van der Waals surface area contributed by atoms with E-state index < -0.39 is 33.1 Å². The minimum Gasteiger partial charge on any atom is -0.861 e. The Balaban J connectivity index is 0.00000361. The van der Waals surface area contributed by atoms with Gasteiger partial charge in [0.05, 0.1) is 12.8 Å². The first-order valence-corrected chi connectivity index (χ1v) is 6.57. The van der Waals surface area contributed by atoms with Crippen LogP contribution in [0, 0.1) is 0 Å². The summed E-state index contributed by atoms with van der Waals surface area (Å²) in [5.74, 6) is -0.996. The molecule has 1 aromatic rings. The Morgan fingerprint density at radius 1 is 1.45 bits per heavy atom. The van der Waals surface area contributed by atoms with Crippen LogP contribution < -0.4 is 28.7 Å². The van der Waals surface area contributed by atoms with Crippen molar-refractivity contribution >= 4 is 27.5 Å². The maximum Gasteiger partial charge on any atom is 1.00 e. The SMILES string of the molecule is COc1ccc(N=C([O-])CC(C)=O)c(S(=O)(=O)O)c1.[Li+]. The third-order valence-electron chi connectivity index (χ3n) is 2.09. The predicted octanol–water partition coefficient (Wildman–Crippen LogP) is -2.68. The summed E-state index contributed by atoms with van der Waals surface area (Å²) in [4.78, 5) is 13.7. The fourth-order valence-electron chi connectivity index (χ4n) is 1.31. The van der Waals surface area contributed by atoms with Gasteiger partial charge in [-0.15, -0.1) is 0 Å². The molecule has 0 saturated carbocycles. The van der Waals surface area contributed by atoms with Gasteiger partial charge in [0.25, 0.3) is 10.1 Å². The van der Waals surface area contributed by atoms with Gasteiger partial charge in [-0.2, -0.15) is 8.42 Å². The Labute approximate surface area is 128 Å². The summed E-state index contributed by atoms with van der Waals surface area (Å²) in [6, 6.07) is 3.63.